The highest BCUT2D eigenvalue weighted by molar-refractivity contribution is 5.05. The van der Waals surface area contributed by atoms with Crippen LogP contribution in [0.5, 0.6) is 0 Å². The van der Waals surface area contributed by atoms with Crippen LogP contribution in [0.3, 0.4) is 0 Å². The van der Waals surface area contributed by atoms with Crippen molar-refractivity contribution in [2.75, 3.05) is 0 Å². The molecule has 4 nitrogen and oxygen atoms in total. The van der Waals surface area contributed by atoms with Crippen molar-refractivity contribution in [1.29, 1.82) is 0 Å². The van der Waals surface area contributed by atoms with Crippen LogP contribution in [0.2, 0.25) is 0 Å². The topological polar surface area (TPSA) is 42.7 Å². The van der Waals surface area contributed by atoms with Gasteiger partial charge in [0.1, 0.15) is 12.2 Å². The predicted octanol–water partition coefficient (Wildman–Crippen LogP) is 2.99. The largest absolute Gasteiger partial charge is 0.317 e. The lowest BCUT2D eigenvalue weighted by molar-refractivity contribution is -0.0707. The van der Waals surface area contributed by atoms with Crippen LogP contribution in [-0.2, 0) is 13.1 Å². The molecule has 0 radical (unpaired) electrons. The van der Waals surface area contributed by atoms with E-state index in [-0.39, 0.29) is 0 Å². The summed E-state index contributed by atoms with van der Waals surface area (Å²) in [4.78, 5) is 0. The Labute approximate surface area is 127 Å². The van der Waals surface area contributed by atoms with E-state index in [9.17, 15) is 0 Å². The Hall–Kier alpha value is -0.900. The fourth-order valence-corrected chi connectivity index (χ4v) is 5.85. The van der Waals surface area contributed by atoms with E-state index in [1.807, 2.05) is 6.33 Å². The third kappa shape index (κ3) is 2.32. The number of nitrogens with one attached hydrogen (secondary N) is 1. The summed E-state index contributed by atoms with van der Waals surface area (Å²) < 4.78 is 2.14. The van der Waals surface area contributed by atoms with Crippen molar-refractivity contribution in [2.24, 2.45) is 23.2 Å². The molecule has 4 bridgehead atoms. The highest BCUT2D eigenvalue weighted by Gasteiger charge is 2.52. The lowest BCUT2D eigenvalue weighted by Crippen LogP contribution is -2.54. The molecule has 4 aliphatic rings. The van der Waals surface area contributed by atoms with E-state index in [4.69, 9.17) is 0 Å². The van der Waals surface area contributed by atoms with Crippen LogP contribution in [0.1, 0.15) is 58.2 Å². The molecule has 1 heterocycles. The minimum Gasteiger partial charge on any atom is -0.317 e. The quantitative estimate of drug-likeness (QED) is 0.905. The second-order valence-corrected chi connectivity index (χ2v) is 7.92. The summed E-state index contributed by atoms with van der Waals surface area (Å²) in [6, 6.07) is 0.605. The zero-order valence-corrected chi connectivity index (χ0v) is 13.4. The van der Waals surface area contributed by atoms with E-state index in [0.717, 1.165) is 36.7 Å². The molecule has 1 aromatic rings. The van der Waals surface area contributed by atoms with Gasteiger partial charge in [0.2, 0.25) is 0 Å². The van der Waals surface area contributed by atoms with Gasteiger partial charge in [0.25, 0.3) is 0 Å². The first-order valence-corrected chi connectivity index (χ1v) is 8.78. The minimum atomic E-state index is 0.575. The molecular weight excluding hydrogens is 260 g/mol. The Bertz CT molecular complexity index is 471. The molecule has 21 heavy (non-hydrogen) atoms. The first kappa shape index (κ1) is 13.7. The van der Waals surface area contributed by atoms with Crippen molar-refractivity contribution < 1.29 is 0 Å². The van der Waals surface area contributed by atoms with E-state index in [1.165, 1.54) is 38.5 Å². The first-order valence-electron chi connectivity index (χ1n) is 8.78. The maximum atomic E-state index is 4.26. The minimum absolute atomic E-state index is 0.575. The fourth-order valence-electron chi connectivity index (χ4n) is 5.85. The zero-order chi connectivity index (χ0) is 14.4. The Balaban J connectivity index is 1.44. The molecule has 4 heteroatoms. The Kier molecular flexibility index (Phi) is 3.32. The van der Waals surface area contributed by atoms with E-state index >= 15 is 0 Å². The average Bonchev–Trinajstić information content (AvgIpc) is 2.90. The van der Waals surface area contributed by atoms with Crippen LogP contribution in [0, 0.1) is 23.2 Å². The lowest BCUT2D eigenvalue weighted by Gasteiger charge is -2.59. The average molecular weight is 288 g/mol. The summed E-state index contributed by atoms with van der Waals surface area (Å²) in [5.41, 5.74) is 0.575. The summed E-state index contributed by atoms with van der Waals surface area (Å²) in [6.45, 7) is 6.38. The van der Waals surface area contributed by atoms with Gasteiger partial charge in [0.15, 0.2) is 0 Å². The third-order valence-corrected chi connectivity index (χ3v) is 6.61. The predicted molar refractivity (Wildman–Crippen MR) is 82.6 cm³/mol. The van der Waals surface area contributed by atoms with Gasteiger partial charge in [0, 0.05) is 12.6 Å². The van der Waals surface area contributed by atoms with E-state index in [0.29, 0.717) is 11.5 Å². The van der Waals surface area contributed by atoms with E-state index < -0.39 is 0 Å². The van der Waals surface area contributed by atoms with Crippen molar-refractivity contribution in [1.82, 2.24) is 20.1 Å². The van der Waals surface area contributed by atoms with Crippen molar-refractivity contribution in [3.63, 3.8) is 0 Å². The maximum absolute atomic E-state index is 4.26. The monoisotopic (exact) mass is 288 g/mol. The fraction of sp³-hybridized carbons (Fsp3) is 0.882. The first-order chi connectivity index (χ1) is 10.2. The molecule has 116 valence electrons. The van der Waals surface area contributed by atoms with Gasteiger partial charge in [-0.05, 0) is 75.5 Å². The van der Waals surface area contributed by atoms with Crippen LogP contribution >= 0.6 is 0 Å². The Morgan fingerprint density at radius 1 is 1.24 bits per heavy atom. The molecule has 0 aliphatic heterocycles. The van der Waals surface area contributed by atoms with Gasteiger partial charge in [-0.3, -0.25) is 0 Å². The highest BCUT2D eigenvalue weighted by atomic mass is 15.3. The zero-order valence-electron chi connectivity index (χ0n) is 13.4. The molecule has 1 N–H and O–H groups in total. The van der Waals surface area contributed by atoms with E-state index in [2.05, 4.69) is 33.9 Å². The van der Waals surface area contributed by atoms with Gasteiger partial charge in [-0.25, -0.2) is 0 Å². The van der Waals surface area contributed by atoms with Gasteiger partial charge < -0.3 is 9.88 Å². The number of rotatable bonds is 5. The summed E-state index contributed by atoms with van der Waals surface area (Å²) in [5.74, 6) is 4.16. The van der Waals surface area contributed by atoms with Gasteiger partial charge >= 0.3 is 0 Å². The molecule has 1 unspecified atom stereocenters. The summed E-state index contributed by atoms with van der Waals surface area (Å²) in [6.07, 6.45) is 10.8. The van der Waals surface area contributed by atoms with Gasteiger partial charge in [-0.1, -0.05) is 0 Å². The molecule has 0 spiro atoms. The van der Waals surface area contributed by atoms with Gasteiger partial charge in [0.05, 0.1) is 6.54 Å². The van der Waals surface area contributed by atoms with Gasteiger partial charge in [-0.15, -0.1) is 10.2 Å². The number of aryl methyl sites for hydroxylation is 1. The Morgan fingerprint density at radius 2 is 1.86 bits per heavy atom. The summed E-state index contributed by atoms with van der Waals surface area (Å²) in [5, 5.41) is 12.1. The van der Waals surface area contributed by atoms with Crippen LogP contribution < -0.4 is 5.32 Å². The van der Waals surface area contributed by atoms with Crippen LogP contribution in [0.15, 0.2) is 6.33 Å². The molecular formula is C17H28N4. The van der Waals surface area contributed by atoms with Crippen molar-refractivity contribution in [3.8, 4) is 0 Å². The van der Waals surface area contributed by atoms with Crippen LogP contribution in [-0.4, -0.2) is 20.8 Å². The molecule has 4 saturated carbocycles. The highest BCUT2D eigenvalue weighted by Crippen LogP contribution is 2.61. The molecule has 0 aromatic carbocycles. The number of hydrogen-bond donors (Lipinski definition) is 1. The normalized spacial score (nSPS) is 38.9. The molecule has 4 fully saturated rings. The summed E-state index contributed by atoms with van der Waals surface area (Å²) in [7, 11) is 0. The van der Waals surface area contributed by atoms with Crippen molar-refractivity contribution in [3.05, 3.63) is 12.2 Å². The molecule has 0 saturated heterocycles. The smallest absolute Gasteiger partial charge is 0.146 e. The standard InChI is InChI=1S/C17H28N4/c1-3-21-11-19-20-16(21)10-18-12(2)17-7-13-4-14(8-17)6-15(5-13)9-17/h11-15,18H,3-10H2,1-2H3. The second kappa shape index (κ2) is 5.08. The number of aromatic nitrogens is 3. The molecule has 4 aliphatic carbocycles. The Morgan fingerprint density at radius 3 is 2.43 bits per heavy atom. The molecule has 0 amide bonds. The maximum Gasteiger partial charge on any atom is 0.146 e. The van der Waals surface area contributed by atoms with Crippen molar-refractivity contribution >= 4 is 0 Å². The molecule has 1 atom stereocenters. The van der Waals surface area contributed by atoms with Crippen molar-refractivity contribution in [2.45, 2.75) is 71.5 Å². The van der Waals surface area contributed by atoms with Gasteiger partial charge in [-0.2, -0.15) is 0 Å². The third-order valence-electron chi connectivity index (χ3n) is 6.61. The number of nitrogens with zero attached hydrogens (tertiary/aromatic N) is 3. The SMILES string of the molecule is CCn1cnnc1CNC(C)C12CC3CC(CC(C3)C1)C2. The molecule has 5 rings (SSSR count). The van der Waals surface area contributed by atoms with Crippen LogP contribution in [0.4, 0.5) is 0 Å². The lowest BCUT2D eigenvalue weighted by atomic mass is 9.48. The molecule has 1 aromatic heterocycles. The van der Waals surface area contributed by atoms with E-state index in [1.54, 1.807) is 0 Å². The number of hydrogen-bond acceptors (Lipinski definition) is 3. The second-order valence-electron chi connectivity index (χ2n) is 7.92. The van der Waals surface area contributed by atoms with Crippen LogP contribution in [0.25, 0.3) is 0 Å². The summed E-state index contributed by atoms with van der Waals surface area (Å²) >= 11 is 0.